The molecule has 0 fully saturated rings. The molecule has 0 spiro atoms. The van der Waals surface area contributed by atoms with Crippen molar-refractivity contribution in [1.29, 1.82) is 0 Å². The normalized spacial score (nSPS) is 11.3. The van der Waals surface area contributed by atoms with Crippen LogP contribution in [0.15, 0.2) is 249 Å². The monoisotopic (exact) mass is 775 g/mol. The zero-order valence-corrected chi connectivity index (χ0v) is 33.6. The number of hydrogen-bond acceptors (Lipinski definition) is 1. The van der Waals surface area contributed by atoms with Gasteiger partial charge in [0.25, 0.3) is 0 Å². The van der Waals surface area contributed by atoms with Crippen LogP contribution in [0.1, 0.15) is 0 Å². The molecular weight excluding hydrogens is 735 g/mol. The Balaban J connectivity index is 1.19. The van der Waals surface area contributed by atoms with E-state index in [4.69, 9.17) is 0 Å². The summed E-state index contributed by atoms with van der Waals surface area (Å²) in [5.41, 5.74) is 15.1. The first kappa shape index (κ1) is 36.1. The Hall–Kier alpha value is -8.00. The van der Waals surface area contributed by atoms with E-state index in [1.54, 1.807) is 0 Å². The Morgan fingerprint density at radius 1 is 0.230 bits per heavy atom. The van der Waals surface area contributed by atoms with Gasteiger partial charge in [0, 0.05) is 16.9 Å². The molecule has 1 nitrogen and oxygen atoms in total. The van der Waals surface area contributed by atoms with Crippen LogP contribution in [0.2, 0.25) is 0 Å². The van der Waals surface area contributed by atoms with Crippen LogP contribution in [0.25, 0.3) is 88.0 Å². The van der Waals surface area contributed by atoms with Crippen LogP contribution in [0.4, 0.5) is 17.1 Å². The molecule has 0 aromatic heterocycles. The zero-order valence-electron chi connectivity index (χ0n) is 33.6. The molecule has 0 unspecified atom stereocenters. The number of rotatable bonds is 8. The Morgan fingerprint density at radius 3 is 1.33 bits per heavy atom. The summed E-state index contributed by atoms with van der Waals surface area (Å²) in [7, 11) is 0. The molecular formula is C60H41N. The highest BCUT2D eigenvalue weighted by Crippen LogP contribution is 2.48. The second kappa shape index (κ2) is 15.6. The number of para-hydroxylation sites is 1. The lowest BCUT2D eigenvalue weighted by Gasteiger charge is -2.30. The Morgan fingerprint density at radius 2 is 0.672 bits per heavy atom. The van der Waals surface area contributed by atoms with Gasteiger partial charge < -0.3 is 4.90 Å². The van der Waals surface area contributed by atoms with Crippen LogP contribution < -0.4 is 4.90 Å². The minimum atomic E-state index is 1.08. The van der Waals surface area contributed by atoms with Gasteiger partial charge in [0.2, 0.25) is 0 Å². The molecule has 0 heterocycles. The molecule has 0 saturated heterocycles. The van der Waals surface area contributed by atoms with Crippen molar-refractivity contribution in [2.75, 3.05) is 4.90 Å². The summed E-state index contributed by atoms with van der Waals surface area (Å²) in [6.45, 7) is 0. The van der Waals surface area contributed by atoms with Crippen LogP contribution in [-0.4, -0.2) is 0 Å². The minimum absolute atomic E-state index is 1.08. The van der Waals surface area contributed by atoms with Crippen molar-refractivity contribution >= 4 is 49.4 Å². The average Bonchev–Trinajstić information content (AvgIpc) is 3.34. The largest absolute Gasteiger partial charge is 0.310 e. The van der Waals surface area contributed by atoms with Crippen LogP contribution in [0, 0.1) is 0 Å². The third kappa shape index (κ3) is 6.73. The molecule has 11 rings (SSSR count). The van der Waals surface area contributed by atoms with Gasteiger partial charge in [-0.25, -0.2) is 0 Å². The lowest BCUT2D eigenvalue weighted by Crippen LogP contribution is -2.12. The minimum Gasteiger partial charge on any atom is -0.310 e. The maximum atomic E-state index is 2.45. The van der Waals surface area contributed by atoms with Crippen LogP contribution in [-0.2, 0) is 0 Å². The van der Waals surface area contributed by atoms with Gasteiger partial charge >= 0.3 is 0 Å². The van der Waals surface area contributed by atoms with Gasteiger partial charge in [0.1, 0.15) is 0 Å². The highest BCUT2D eigenvalue weighted by molar-refractivity contribution is 6.10. The fourth-order valence-electron chi connectivity index (χ4n) is 9.14. The molecule has 0 N–H and O–H groups in total. The first-order valence-corrected chi connectivity index (χ1v) is 21.0. The van der Waals surface area contributed by atoms with Gasteiger partial charge in [0.05, 0.1) is 5.69 Å². The van der Waals surface area contributed by atoms with Crippen molar-refractivity contribution in [2.24, 2.45) is 0 Å². The summed E-state index contributed by atoms with van der Waals surface area (Å²) in [5, 5.41) is 7.48. The average molecular weight is 776 g/mol. The predicted molar refractivity (Wildman–Crippen MR) is 261 cm³/mol. The topological polar surface area (TPSA) is 3.24 Å². The van der Waals surface area contributed by atoms with Crippen molar-refractivity contribution in [3.05, 3.63) is 249 Å². The Bertz CT molecular complexity index is 3270. The highest BCUT2D eigenvalue weighted by Gasteiger charge is 2.23. The van der Waals surface area contributed by atoms with Crippen molar-refractivity contribution in [3.8, 4) is 55.6 Å². The van der Waals surface area contributed by atoms with E-state index >= 15 is 0 Å². The fourth-order valence-corrected chi connectivity index (χ4v) is 9.14. The second-order valence-electron chi connectivity index (χ2n) is 15.7. The van der Waals surface area contributed by atoms with Gasteiger partial charge in [0.15, 0.2) is 0 Å². The van der Waals surface area contributed by atoms with Crippen LogP contribution >= 0.6 is 0 Å². The summed E-state index contributed by atoms with van der Waals surface area (Å²) < 4.78 is 0. The summed E-state index contributed by atoms with van der Waals surface area (Å²) in [6.07, 6.45) is 0. The van der Waals surface area contributed by atoms with Gasteiger partial charge in [-0.1, -0.05) is 212 Å². The van der Waals surface area contributed by atoms with Crippen molar-refractivity contribution in [2.45, 2.75) is 0 Å². The lowest BCUT2D eigenvalue weighted by molar-refractivity contribution is 1.28. The molecule has 0 aliphatic rings. The van der Waals surface area contributed by atoms with Gasteiger partial charge in [-0.05, 0) is 119 Å². The van der Waals surface area contributed by atoms with E-state index in [9.17, 15) is 0 Å². The molecule has 11 aromatic rings. The first-order valence-electron chi connectivity index (χ1n) is 21.0. The predicted octanol–water partition coefficient (Wildman–Crippen LogP) is 17.0. The molecule has 1 heteroatoms. The molecule has 11 aromatic carbocycles. The number of hydrogen-bond donors (Lipinski definition) is 0. The maximum absolute atomic E-state index is 2.45. The molecule has 61 heavy (non-hydrogen) atoms. The van der Waals surface area contributed by atoms with Crippen molar-refractivity contribution < 1.29 is 0 Å². The fraction of sp³-hybridized carbons (Fsp3) is 0. The van der Waals surface area contributed by atoms with Crippen molar-refractivity contribution in [1.82, 2.24) is 0 Å². The smallest absolute Gasteiger partial charge is 0.0540 e. The van der Waals surface area contributed by atoms with E-state index < -0.39 is 0 Å². The van der Waals surface area contributed by atoms with E-state index in [1.165, 1.54) is 71.3 Å². The highest BCUT2D eigenvalue weighted by atomic mass is 15.1. The molecule has 0 saturated carbocycles. The number of benzene rings is 11. The molecule has 0 atom stereocenters. The SMILES string of the molecule is c1ccc(-c2ccccc2N(c2ccc(-c3cccc4ccccc34)cc2)c2cc(-c3ccccc3)c(-c3ccc4ccc5ccccc5c4c3)c(-c3ccccc3)c2)cc1. The standard InChI is InChI=1S/C60H41N/c1-4-17-43(18-5-1)55-28-14-15-30-59(55)61(50-37-35-47(36-38-50)53-29-16-25-42-23-10-12-26-52(42)53)51-40-57(44-19-6-2-7-20-44)60(58(41-51)45-21-8-3-9-22-45)49-34-33-48-32-31-46-24-11-13-27-54(46)56(48)39-49/h1-41H. The lowest BCUT2D eigenvalue weighted by atomic mass is 9.85. The molecule has 286 valence electrons. The van der Waals surface area contributed by atoms with E-state index in [2.05, 4.69) is 254 Å². The second-order valence-corrected chi connectivity index (χ2v) is 15.7. The van der Waals surface area contributed by atoms with Crippen LogP contribution in [0.5, 0.6) is 0 Å². The van der Waals surface area contributed by atoms with E-state index in [1.807, 2.05) is 0 Å². The Labute approximate surface area is 357 Å². The van der Waals surface area contributed by atoms with E-state index in [0.29, 0.717) is 0 Å². The Kier molecular flexibility index (Phi) is 9.26. The van der Waals surface area contributed by atoms with Crippen molar-refractivity contribution in [3.63, 3.8) is 0 Å². The van der Waals surface area contributed by atoms with Crippen LogP contribution in [0.3, 0.4) is 0 Å². The molecule has 0 bridgehead atoms. The third-order valence-corrected chi connectivity index (χ3v) is 12.0. The molecule has 0 aliphatic carbocycles. The number of anilines is 3. The number of nitrogens with zero attached hydrogens (tertiary/aromatic N) is 1. The van der Waals surface area contributed by atoms with E-state index in [0.717, 1.165) is 33.8 Å². The zero-order chi connectivity index (χ0) is 40.5. The molecule has 0 amide bonds. The van der Waals surface area contributed by atoms with Gasteiger partial charge in [-0.3, -0.25) is 0 Å². The summed E-state index contributed by atoms with van der Waals surface area (Å²) in [6, 6.07) is 90.7. The van der Waals surface area contributed by atoms with Gasteiger partial charge in [-0.15, -0.1) is 0 Å². The number of fused-ring (bicyclic) bond motifs is 4. The first-order chi connectivity index (χ1) is 30.3. The van der Waals surface area contributed by atoms with Gasteiger partial charge in [-0.2, -0.15) is 0 Å². The van der Waals surface area contributed by atoms with E-state index in [-0.39, 0.29) is 0 Å². The third-order valence-electron chi connectivity index (χ3n) is 12.0. The molecule has 0 radical (unpaired) electrons. The molecule has 0 aliphatic heterocycles. The summed E-state index contributed by atoms with van der Waals surface area (Å²) in [5.74, 6) is 0. The maximum Gasteiger partial charge on any atom is 0.0540 e. The summed E-state index contributed by atoms with van der Waals surface area (Å²) in [4.78, 5) is 2.45. The summed E-state index contributed by atoms with van der Waals surface area (Å²) >= 11 is 0. The quantitative estimate of drug-likeness (QED) is 0.139.